The van der Waals surface area contributed by atoms with Crippen LogP contribution < -0.4 is 5.73 Å². The Labute approximate surface area is 135 Å². The third-order valence-electron chi connectivity index (χ3n) is 2.53. The van der Waals surface area contributed by atoms with Crippen molar-refractivity contribution in [2.24, 2.45) is 10.7 Å². The van der Waals surface area contributed by atoms with E-state index in [4.69, 9.17) is 5.73 Å². The van der Waals surface area contributed by atoms with E-state index in [9.17, 15) is 4.39 Å². The van der Waals surface area contributed by atoms with Crippen molar-refractivity contribution in [1.82, 2.24) is 4.90 Å². The summed E-state index contributed by atoms with van der Waals surface area (Å²) in [4.78, 5) is 7.39. The number of guanidine groups is 1. The number of hydrogen-bond donors (Lipinski definition) is 1. The molecule has 0 aliphatic carbocycles. The molecule has 1 aromatic rings. The number of rotatable bonds is 6. The molecule has 1 aromatic carbocycles. The predicted molar refractivity (Wildman–Crippen MR) is 91.9 cm³/mol. The van der Waals surface area contributed by atoms with E-state index in [2.05, 4.69) is 18.8 Å². The van der Waals surface area contributed by atoms with Crippen molar-refractivity contribution in [2.75, 3.05) is 25.4 Å². The maximum Gasteiger partial charge on any atom is 0.191 e. The highest BCUT2D eigenvalue weighted by Crippen LogP contribution is 2.17. The van der Waals surface area contributed by atoms with E-state index in [1.807, 2.05) is 4.90 Å². The zero-order valence-corrected chi connectivity index (χ0v) is 14.5. The molecule has 0 aromatic heterocycles. The summed E-state index contributed by atoms with van der Waals surface area (Å²) in [6.07, 6.45) is 0. The van der Waals surface area contributed by atoms with Crippen LogP contribution in [0.15, 0.2) is 34.2 Å². The van der Waals surface area contributed by atoms with Gasteiger partial charge >= 0.3 is 0 Å². The second-order valence-electron chi connectivity index (χ2n) is 3.71. The molecule has 0 bridgehead atoms. The number of thioether (sulfide) groups is 1. The Morgan fingerprint density at radius 1 is 1.26 bits per heavy atom. The molecule has 0 atom stereocenters. The molecule has 0 unspecified atom stereocenters. The first kappa shape index (κ1) is 18.5. The Morgan fingerprint density at radius 2 is 1.84 bits per heavy atom. The summed E-state index contributed by atoms with van der Waals surface area (Å²) in [6, 6.07) is 6.49. The van der Waals surface area contributed by atoms with Gasteiger partial charge in [0.2, 0.25) is 0 Å². The monoisotopic (exact) mass is 397 g/mol. The highest BCUT2D eigenvalue weighted by atomic mass is 127. The number of hydrogen-bond acceptors (Lipinski definition) is 2. The SMILES string of the molecule is CCN(CC)C(N)=NCCSc1ccc(F)cc1.I. The van der Waals surface area contributed by atoms with Gasteiger partial charge in [0.15, 0.2) is 5.96 Å². The molecule has 1 rings (SSSR count). The van der Waals surface area contributed by atoms with Gasteiger partial charge in [0.25, 0.3) is 0 Å². The average molecular weight is 397 g/mol. The Morgan fingerprint density at radius 3 is 2.37 bits per heavy atom. The fourth-order valence-corrected chi connectivity index (χ4v) is 2.25. The van der Waals surface area contributed by atoms with Gasteiger partial charge in [-0.2, -0.15) is 0 Å². The molecule has 0 heterocycles. The molecule has 0 saturated heterocycles. The highest BCUT2D eigenvalue weighted by molar-refractivity contribution is 14.0. The summed E-state index contributed by atoms with van der Waals surface area (Å²) in [5.41, 5.74) is 5.86. The maximum absolute atomic E-state index is 12.7. The molecule has 2 N–H and O–H groups in total. The van der Waals surface area contributed by atoms with E-state index in [1.165, 1.54) is 12.1 Å². The van der Waals surface area contributed by atoms with Crippen LogP contribution in [0.25, 0.3) is 0 Å². The lowest BCUT2D eigenvalue weighted by Crippen LogP contribution is -2.37. The van der Waals surface area contributed by atoms with E-state index in [1.54, 1.807) is 23.9 Å². The van der Waals surface area contributed by atoms with E-state index >= 15 is 0 Å². The van der Waals surface area contributed by atoms with Crippen molar-refractivity contribution < 1.29 is 4.39 Å². The average Bonchev–Trinajstić information content (AvgIpc) is 2.38. The lowest BCUT2D eigenvalue weighted by Gasteiger charge is -2.19. The number of nitrogens with two attached hydrogens (primary N) is 1. The molecule has 108 valence electrons. The van der Waals surface area contributed by atoms with Crippen LogP contribution in [-0.2, 0) is 0 Å². The van der Waals surface area contributed by atoms with Gasteiger partial charge in [0.1, 0.15) is 5.82 Å². The third kappa shape index (κ3) is 7.00. The number of benzene rings is 1. The van der Waals surface area contributed by atoms with E-state index in [-0.39, 0.29) is 29.8 Å². The Bertz CT molecular complexity index is 380. The van der Waals surface area contributed by atoms with Gasteiger partial charge in [-0.1, -0.05) is 0 Å². The van der Waals surface area contributed by atoms with Crippen molar-refractivity contribution in [3.05, 3.63) is 30.1 Å². The molecule has 0 aliphatic rings. The molecule has 0 spiro atoms. The molecular formula is C13H21FIN3S. The van der Waals surface area contributed by atoms with Crippen molar-refractivity contribution in [2.45, 2.75) is 18.7 Å². The third-order valence-corrected chi connectivity index (χ3v) is 3.53. The van der Waals surface area contributed by atoms with Gasteiger partial charge < -0.3 is 10.6 Å². The molecule has 0 fully saturated rings. The zero-order chi connectivity index (χ0) is 13.4. The topological polar surface area (TPSA) is 41.6 Å². The maximum atomic E-state index is 12.7. The lowest BCUT2D eigenvalue weighted by atomic mass is 10.4. The van der Waals surface area contributed by atoms with Gasteiger partial charge in [0, 0.05) is 23.7 Å². The minimum Gasteiger partial charge on any atom is -0.370 e. The van der Waals surface area contributed by atoms with E-state index in [0.29, 0.717) is 12.5 Å². The van der Waals surface area contributed by atoms with Crippen molar-refractivity contribution in [3.8, 4) is 0 Å². The Kier molecular flexibility index (Phi) is 10.0. The van der Waals surface area contributed by atoms with Gasteiger partial charge in [0.05, 0.1) is 6.54 Å². The summed E-state index contributed by atoms with van der Waals surface area (Å²) >= 11 is 1.65. The highest BCUT2D eigenvalue weighted by Gasteiger charge is 2.01. The lowest BCUT2D eigenvalue weighted by molar-refractivity contribution is 0.458. The largest absolute Gasteiger partial charge is 0.370 e. The first-order valence-corrected chi connectivity index (χ1v) is 7.09. The fourth-order valence-electron chi connectivity index (χ4n) is 1.50. The second-order valence-corrected chi connectivity index (χ2v) is 4.88. The molecular weight excluding hydrogens is 376 g/mol. The summed E-state index contributed by atoms with van der Waals surface area (Å²) < 4.78 is 12.7. The summed E-state index contributed by atoms with van der Waals surface area (Å²) in [5.74, 6) is 1.23. The molecule has 19 heavy (non-hydrogen) atoms. The first-order valence-electron chi connectivity index (χ1n) is 6.10. The minimum atomic E-state index is -0.205. The van der Waals surface area contributed by atoms with Crippen LogP contribution in [0.2, 0.25) is 0 Å². The second kappa shape index (κ2) is 10.3. The molecule has 0 radical (unpaired) electrons. The van der Waals surface area contributed by atoms with Crippen molar-refractivity contribution in [1.29, 1.82) is 0 Å². The molecule has 3 nitrogen and oxygen atoms in total. The fraction of sp³-hybridized carbons (Fsp3) is 0.462. The van der Waals surface area contributed by atoms with E-state index < -0.39 is 0 Å². The van der Waals surface area contributed by atoms with Crippen molar-refractivity contribution >= 4 is 41.7 Å². The number of nitrogens with zero attached hydrogens (tertiary/aromatic N) is 2. The normalized spacial score (nSPS) is 11.0. The van der Waals surface area contributed by atoms with Gasteiger partial charge in [-0.15, -0.1) is 35.7 Å². The Hall–Kier alpha value is -0.500. The molecule has 6 heteroatoms. The van der Waals surface area contributed by atoms with Crippen LogP contribution >= 0.6 is 35.7 Å². The van der Waals surface area contributed by atoms with Gasteiger partial charge in [-0.05, 0) is 38.1 Å². The first-order chi connectivity index (χ1) is 8.67. The Balaban J connectivity index is 0.00000324. The standard InChI is InChI=1S/C13H20FN3S.HI/c1-3-17(4-2)13(15)16-9-10-18-12-7-5-11(14)6-8-12;/h5-8H,3-4,9-10H2,1-2H3,(H2,15,16);1H. The summed E-state index contributed by atoms with van der Waals surface area (Å²) in [6.45, 7) is 6.52. The van der Waals surface area contributed by atoms with Crippen LogP contribution in [0.1, 0.15) is 13.8 Å². The van der Waals surface area contributed by atoms with Crippen LogP contribution in [-0.4, -0.2) is 36.2 Å². The summed E-state index contributed by atoms with van der Waals surface area (Å²) in [5, 5.41) is 0. The van der Waals surface area contributed by atoms with Crippen LogP contribution in [0.4, 0.5) is 4.39 Å². The zero-order valence-electron chi connectivity index (χ0n) is 11.3. The van der Waals surface area contributed by atoms with Crippen LogP contribution in [0, 0.1) is 5.82 Å². The number of aliphatic imine (C=N–C) groups is 1. The summed E-state index contributed by atoms with van der Waals surface area (Å²) in [7, 11) is 0. The van der Waals surface area contributed by atoms with Crippen LogP contribution in [0.5, 0.6) is 0 Å². The minimum absolute atomic E-state index is 0. The van der Waals surface area contributed by atoms with E-state index in [0.717, 1.165) is 23.7 Å². The van der Waals surface area contributed by atoms with Gasteiger partial charge in [-0.3, -0.25) is 4.99 Å². The molecule has 0 aliphatic heterocycles. The molecule has 0 amide bonds. The van der Waals surface area contributed by atoms with Gasteiger partial charge in [-0.25, -0.2) is 4.39 Å². The smallest absolute Gasteiger partial charge is 0.191 e. The number of halogens is 2. The quantitative estimate of drug-likeness (QED) is 0.264. The predicted octanol–water partition coefficient (Wildman–Crippen LogP) is 3.19. The van der Waals surface area contributed by atoms with Crippen LogP contribution in [0.3, 0.4) is 0 Å². The molecule has 0 saturated carbocycles. The van der Waals surface area contributed by atoms with Crippen molar-refractivity contribution in [3.63, 3.8) is 0 Å².